The van der Waals surface area contributed by atoms with Gasteiger partial charge in [-0.15, -0.1) is 0 Å². The number of nitrogens with one attached hydrogen (secondary N) is 2. The predicted octanol–water partition coefficient (Wildman–Crippen LogP) is 4.87. The molecule has 0 aromatic rings. The third-order valence-electron chi connectivity index (χ3n) is 1.10. The van der Waals surface area contributed by atoms with E-state index in [0.29, 0.717) is 0 Å². The molecule has 18 heteroatoms. The minimum absolute atomic E-state index is 0.716. The minimum atomic E-state index is -10.3. The molecule has 0 aromatic heterocycles. The highest BCUT2D eigenvalue weighted by Crippen LogP contribution is 2.95. The van der Waals surface area contributed by atoms with Crippen LogP contribution in [-0.2, 0) is 9.47 Å². The summed E-state index contributed by atoms with van der Waals surface area (Å²) in [5, 5.41) is 0. The van der Waals surface area contributed by atoms with E-state index >= 15 is 0 Å². The lowest BCUT2D eigenvalue weighted by molar-refractivity contribution is 0.0974. The Bertz CT molecular complexity index is 435. The molecule has 0 aliphatic carbocycles. The average molecular weight is 400 g/mol. The highest BCUT2D eigenvalue weighted by Gasteiger charge is 2.66. The molecule has 0 rings (SSSR count). The largest absolute Gasteiger partial charge is 0.445 e. The summed E-state index contributed by atoms with van der Waals surface area (Å²) in [6, 6.07) is 0. The first-order valence-corrected chi connectivity index (χ1v) is 8.25. The van der Waals surface area contributed by atoms with Gasteiger partial charge < -0.3 is 9.47 Å². The molecule has 0 aliphatic rings. The zero-order chi connectivity index (χ0) is 18.2. The van der Waals surface area contributed by atoms with Gasteiger partial charge in [0.1, 0.15) is 13.2 Å². The van der Waals surface area contributed by atoms with Crippen molar-refractivity contribution in [1.82, 2.24) is 9.44 Å². The topological polar surface area (TPSA) is 76.7 Å². The summed E-state index contributed by atoms with van der Waals surface area (Å²) in [4.78, 5) is 20.6. The zero-order valence-electron chi connectivity index (χ0n) is 9.64. The van der Waals surface area contributed by atoms with Gasteiger partial charge in [0.2, 0.25) is 0 Å². The zero-order valence-corrected chi connectivity index (χ0v) is 11.3. The quantitative estimate of drug-likeness (QED) is 0.510. The fourth-order valence-electron chi connectivity index (χ4n) is 0.643. The Hall–Kier alpha value is -1.46. The molecule has 138 valence electrons. The van der Waals surface area contributed by atoms with Gasteiger partial charge in [0.25, 0.3) is 0 Å². The molecule has 0 fully saturated rings. The van der Waals surface area contributed by atoms with Gasteiger partial charge in [-0.3, -0.25) is 0 Å². The second-order valence-corrected chi connectivity index (χ2v) is 7.70. The Labute approximate surface area is 114 Å². The van der Waals surface area contributed by atoms with Crippen LogP contribution in [0.3, 0.4) is 0 Å². The SMILES string of the molecule is O=C(NS(F)(F)(F)(F)F)OCCOC(=O)NS(F)(F)(F)(F)F. The van der Waals surface area contributed by atoms with Crippen LogP contribution in [0.15, 0.2) is 0 Å². The number of amides is 2. The maximum atomic E-state index is 11.7. The van der Waals surface area contributed by atoms with E-state index in [0.717, 1.165) is 0 Å². The number of carbonyl (C=O) groups is 2. The molecular formula is C4H6F10N2O4S2. The van der Waals surface area contributed by atoms with Crippen molar-refractivity contribution in [2.24, 2.45) is 0 Å². The summed E-state index contributed by atoms with van der Waals surface area (Å²) in [7, 11) is -20.7. The second kappa shape index (κ2) is 4.09. The van der Waals surface area contributed by atoms with Crippen molar-refractivity contribution in [3.05, 3.63) is 0 Å². The standard InChI is InChI=1S/C4H6F10N2O4S2/c5-21(6,7,8,9)15-3(17)19-1-2-20-4(18)16-22(10,11,12,13)14/h1-2H2,(H,15,17)(H,16,18). The normalized spacial score (nSPS) is 18.8. The van der Waals surface area contributed by atoms with Crippen molar-refractivity contribution in [2.45, 2.75) is 0 Å². The Morgan fingerprint density at radius 3 is 1.05 bits per heavy atom. The van der Waals surface area contributed by atoms with Gasteiger partial charge in [0, 0.05) is 0 Å². The molecule has 0 saturated heterocycles. The number of halogens is 10. The van der Waals surface area contributed by atoms with Crippen LogP contribution in [0, 0.1) is 0 Å². The van der Waals surface area contributed by atoms with Crippen molar-refractivity contribution >= 4 is 33.0 Å². The minimum Gasteiger partial charge on any atom is -0.445 e. The monoisotopic (exact) mass is 400 g/mol. The summed E-state index contributed by atoms with van der Waals surface area (Å²) in [6.07, 6.45) is -5.48. The van der Waals surface area contributed by atoms with Crippen LogP contribution in [0.5, 0.6) is 0 Å². The van der Waals surface area contributed by atoms with Gasteiger partial charge in [-0.1, -0.05) is 38.9 Å². The molecule has 2 amide bonds. The first kappa shape index (κ1) is 20.5. The molecule has 2 N–H and O–H groups in total. The molecule has 0 spiro atoms. The van der Waals surface area contributed by atoms with Crippen molar-refractivity contribution in [2.75, 3.05) is 13.2 Å². The predicted molar refractivity (Wildman–Crippen MR) is 55.2 cm³/mol. The average Bonchev–Trinajstić information content (AvgIpc) is 2.00. The smallest absolute Gasteiger partial charge is 0.423 e. The number of rotatable bonds is 5. The maximum absolute atomic E-state index is 11.7. The van der Waals surface area contributed by atoms with Crippen molar-refractivity contribution in [3.63, 3.8) is 0 Å². The van der Waals surface area contributed by atoms with Crippen molar-refractivity contribution < 1.29 is 57.9 Å². The molecule has 0 bridgehead atoms. The van der Waals surface area contributed by atoms with E-state index in [-0.39, 0.29) is 0 Å². The van der Waals surface area contributed by atoms with Crippen molar-refractivity contribution in [1.29, 1.82) is 0 Å². The van der Waals surface area contributed by atoms with E-state index < -0.39 is 55.7 Å². The lowest BCUT2D eigenvalue weighted by atomic mass is 10.8. The maximum Gasteiger partial charge on any atom is 0.423 e. The molecule has 0 atom stereocenters. The lowest BCUT2D eigenvalue weighted by Gasteiger charge is -2.39. The third-order valence-corrected chi connectivity index (χ3v) is 2.21. The number of hydrogen-bond acceptors (Lipinski definition) is 4. The van der Waals surface area contributed by atoms with E-state index in [2.05, 4.69) is 9.47 Å². The molecule has 0 heterocycles. The second-order valence-electron chi connectivity index (χ2n) is 3.41. The molecule has 0 aromatic carbocycles. The molecule has 0 aliphatic heterocycles. The number of hydrogen-bond donors (Lipinski definition) is 2. The summed E-state index contributed by atoms with van der Waals surface area (Å²) in [5.41, 5.74) is 0. The molecule has 0 radical (unpaired) electrons. The lowest BCUT2D eigenvalue weighted by Crippen LogP contribution is -2.36. The summed E-state index contributed by atoms with van der Waals surface area (Å²) >= 11 is 0. The van der Waals surface area contributed by atoms with Crippen LogP contribution in [0.2, 0.25) is 0 Å². The van der Waals surface area contributed by atoms with Crippen LogP contribution in [0.25, 0.3) is 0 Å². The highest BCUT2D eigenvalue weighted by atomic mass is 32.5. The molecule has 0 unspecified atom stereocenters. The van der Waals surface area contributed by atoms with E-state index in [1.807, 2.05) is 0 Å². The van der Waals surface area contributed by atoms with Crippen LogP contribution in [0.1, 0.15) is 0 Å². The van der Waals surface area contributed by atoms with E-state index in [1.165, 1.54) is 0 Å². The molecular weight excluding hydrogens is 394 g/mol. The van der Waals surface area contributed by atoms with Gasteiger partial charge in [-0.2, -0.15) is 9.44 Å². The number of carbonyl (C=O) groups excluding carboxylic acids is 2. The van der Waals surface area contributed by atoms with E-state index in [9.17, 15) is 48.4 Å². The first-order valence-electron chi connectivity index (χ1n) is 4.35. The summed E-state index contributed by atoms with van der Waals surface area (Å²) < 4.78 is 122. The van der Waals surface area contributed by atoms with E-state index in [1.54, 1.807) is 0 Å². The number of ether oxygens (including phenoxy) is 2. The first-order chi connectivity index (χ1) is 8.95. The summed E-state index contributed by atoms with van der Waals surface area (Å²) in [5.74, 6) is 0. The Kier molecular flexibility index (Phi) is 3.82. The van der Waals surface area contributed by atoms with Crippen LogP contribution in [-0.4, -0.2) is 25.4 Å². The molecule has 6 nitrogen and oxygen atoms in total. The van der Waals surface area contributed by atoms with Gasteiger partial charge >= 0.3 is 33.0 Å². The Morgan fingerprint density at radius 1 is 0.636 bits per heavy atom. The van der Waals surface area contributed by atoms with Crippen molar-refractivity contribution in [3.8, 4) is 0 Å². The highest BCUT2D eigenvalue weighted by molar-refractivity contribution is 8.44. The fourth-order valence-corrected chi connectivity index (χ4v) is 1.39. The van der Waals surface area contributed by atoms with Crippen LogP contribution >= 0.6 is 20.8 Å². The van der Waals surface area contributed by atoms with Gasteiger partial charge in [-0.05, 0) is 0 Å². The third kappa shape index (κ3) is 14.9. The van der Waals surface area contributed by atoms with E-state index in [4.69, 9.17) is 0 Å². The Morgan fingerprint density at radius 2 is 0.864 bits per heavy atom. The van der Waals surface area contributed by atoms with Gasteiger partial charge in [0.15, 0.2) is 0 Å². The van der Waals surface area contributed by atoms with Gasteiger partial charge in [0.05, 0.1) is 0 Å². The molecule has 22 heavy (non-hydrogen) atoms. The van der Waals surface area contributed by atoms with Crippen LogP contribution < -0.4 is 9.44 Å². The molecule has 0 saturated carbocycles. The summed E-state index contributed by atoms with van der Waals surface area (Å²) in [6.45, 7) is -2.85. The Balaban J connectivity index is 4.22. The fraction of sp³-hybridized carbons (Fsp3) is 0.500. The van der Waals surface area contributed by atoms with Gasteiger partial charge in [-0.25, -0.2) is 9.59 Å². The van der Waals surface area contributed by atoms with Crippen LogP contribution in [0.4, 0.5) is 48.4 Å².